The standard InChI is InChI=1S/C29H32ClN5O2/c1-18-2-5-24-25(16-31-27(24)12-18)28-26(30)17-32-29(34-28)33-21-13-20(19-3-4-19)14-23(15-21)37-22-6-8-35(9-7-22)10-11-36/h2,5,12-17,19,22,31,36H,3-4,6-11H2,1H3,(H,32,33,34). The Morgan fingerprint density at radius 2 is 1.97 bits per heavy atom. The summed E-state index contributed by atoms with van der Waals surface area (Å²) in [6.07, 6.45) is 8.14. The van der Waals surface area contributed by atoms with Crippen LogP contribution in [0.15, 0.2) is 48.8 Å². The summed E-state index contributed by atoms with van der Waals surface area (Å²) in [6, 6.07) is 12.7. The summed E-state index contributed by atoms with van der Waals surface area (Å²) in [5.41, 5.74) is 6.10. The van der Waals surface area contributed by atoms with Gasteiger partial charge in [-0.1, -0.05) is 23.7 Å². The van der Waals surface area contributed by atoms with Gasteiger partial charge in [-0.3, -0.25) is 0 Å². The minimum atomic E-state index is 0.182. The van der Waals surface area contributed by atoms with Gasteiger partial charge in [0, 0.05) is 54.1 Å². The number of rotatable bonds is 8. The fraction of sp³-hybridized carbons (Fsp3) is 0.379. The van der Waals surface area contributed by atoms with Crippen LogP contribution < -0.4 is 10.1 Å². The van der Waals surface area contributed by atoms with E-state index in [1.54, 1.807) is 6.20 Å². The maximum atomic E-state index is 9.20. The van der Waals surface area contributed by atoms with E-state index in [9.17, 15) is 5.11 Å². The fourth-order valence-corrected chi connectivity index (χ4v) is 5.37. The first-order valence-corrected chi connectivity index (χ1v) is 13.5. The highest BCUT2D eigenvalue weighted by Gasteiger charge is 2.26. The summed E-state index contributed by atoms with van der Waals surface area (Å²) in [6.45, 7) is 4.92. The first-order chi connectivity index (χ1) is 18.1. The van der Waals surface area contributed by atoms with Crippen molar-refractivity contribution in [2.24, 2.45) is 0 Å². The normalized spacial score (nSPS) is 16.8. The maximum absolute atomic E-state index is 9.20. The number of fused-ring (bicyclic) bond motifs is 1. The summed E-state index contributed by atoms with van der Waals surface area (Å²) in [4.78, 5) is 14.9. The lowest BCUT2D eigenvalue weighted by Crippen LogP contribution is -2.39. The Hall–Kier alpha value is -3.13. The molecule has 0 spiro atoms. The predicted octanol–water partition coefficient (Wildman–Crippen LogP) is 6.04. The SMILES string of the molecule is Cc1ccc2c(-c3nc(Nc4cc(OC5CCN(CCO)CC5)cc(C5CC5)c4)ncc3Cl)c[nH]c2c1. The van der Waals surface area contributed by atoms with Crippen molar-refractivity contribution in [3.8, 4) is 17.0 Å². The van der Waals surface area contributed by atoms with Crippen molar-refractivity contribution in [1.82, 2.24) is 19.9 Å². The minimum Gasteiger partial charge on any atom is -0.490 e. The molecule has 1 saturated carbocycles. The van der Waals surface area contributed by atoms with Gasteiger partial charge in [-0.25, -0.2) is 9.97 Å². The van der Waals surface area contributed by atoms with Crippen LogP contribution in [0.3, 0.4) is 0 Å². The number of anilines is 2. The van der Waals surface area contributed by atoms with E-state index < -0.39 is 0 Å². The quantitative estimate of drug-likeness (QED) is 0.264. The van der Waals surface area contributed by atoms with Gasteiger partial charge in [0.05, 0.1) is 23.5 Å². The van der Waals surface area contributed by atoms with Crippen molar-refractivity contribution in [2.75, 3.05) is 31.6 Å². The number of H-pyrrole nitrogens is 1. The first kappa shape index (κ1) is 24.2. The van der Waals surface area contributed by atoms with Gasteiger partial charge in [-0.05, 0) is 67.9 Å². The van der Waals surface area contributed by atoms with E-state index in [0.717, 1.165) is 60.4 Å². The molecular formula is C29H32ClN5O2. The number of aliphatic hydroxyl groups excluding tert-OH is 1. The number of likely N-dealkylation sites (tertiary alicyclic amines) is 1. The number of nitrogens with zero attached hydrogens (tertiary/aromatic N) is 3. The average Bonchev–Trinajstić information content (AvgIpc) is 3.67. The first-order valence-electron chi connectivity index (χ1n) is 13.1. The number of benzene rings is 2. The van der Waals surface area contributed by atoms with Crippen LogP contribution in [0.5, 0.6) is 5.75 Å². The molecule has 3 heterocycles. The molecule has 8 heteroatoms. The van der Waals surface area contributed by atoms with Crippen molar-refractivity contribution in [1.29, 1.82) is 0 Å². The zero-order valence-corrected chi connectivity index (χ0v) is 21.8. The molecule has 2 aromatic carbocycles. The Balaban J connectivity index is 1.24. The molecule has 0 bridgehead atoms. The Morgan fingerprint density at radius 3 is 2.76 bits per heavy atom. The lowest BCUT2D eigenvalue weighted by Gasteiger charge is -2.31. The molecule has 37 heavy (non-hydrogen) atoms. The second-order valence-corrected chi connectivity index (χ2v) is 10.6. The van der Waals surface area contributed by atoms with Crippen LogP contribution in [0.2, 0.25) is 5.02 Å². The highest BCUT2D eigenvalue weighted by molar-refractivity contribution is 6.33. The molecule has 0 amide bonds. The van der Waals surface area contributed by atoms with Gasteiger partial charge in [0.2, 0.25) is 5.95 Å². The molecule has 1 saturated heterocycles. The van der Waals surface area contributed by atoms with Crippen LogP contribution in [0, 0.1) is 6.92 Å². The largest absolute Gasteiger partial charge is 0.490 e. The number of nitrogens with one attached hydrogen (secondary N) is 2. The number of aromatic amines is 1. The summed E-state index contributed by atoms with van der Waals surface area (Å²) in [5.74, 6) is 1.97. The molecule has 1 aliphatic heterocycles. The molecule has 1 aliphatic carbocycles. The summed E-state index contributed by atoms with van der Waals surface area (Å²) < 4.78 is 6.44. The molecule has 2 aliphatic rings. The van der Waals surface area contributed by atoms with Gasteiger partial charge >= 0.3 is 0 Å². The van der Waals surface area contributed by atoms with Gasteiger partial charge < -0.3 is 25.0 Å². The molecule has 4 aromatic rings. The molecule has 3 N–H and O–H groups in total. The van der Waals surface area contributed by atoms with E-state index in [0.29, 0.717) is 22.6 Å². The molecule has 2 aromatic heterocycles. The van der Waals surface area contributed by atoms with Crippen molar-refractivity contribution >= 4 is 34.1 Å². The third-order valence-electron chi connectivity index (χ3n) is 7.32. The third kappa shape index (κ3) is 5.44. The van der Waals surface area contributed by atoms with E-state index in [4.69, 9.17) is 21.3 Å². The van der Waals surface area contributed by atoms with E-state index in [1.165, 1.54) is 24.0 Å². The van der Waals surface area contributed by atoms with E-state index >= 15 is 0 Å². The van der Waals surface area contributed by atoms with Gasteiger partial charge in [0.15, 0.2) is 0 Å². The number of halogens is 1. The zero-order valence-electron chi connectivity index (χ0n) is 21.0. The molecule has 7 nitrogen and oxygen atoms in total. The Labute approximate surface area is 221 Å². The maximum Gasteiger partial charge on any atom is 0.227 e. The molecule has 6 rings (SSSR count). The summed E-state index contributed by atoms with van der Waals surface area (Å²) in [7, 11) is 0. The lowest BCUT2D eigenvalue weighted by atomic mass is 10.1. The van der Waals surface area contributed by atoms with Crippen LogP contribution >= 0.6 is 11.6 Å². The van der Waals surface area contributed by atoms with Crippen LogP contribution in [-0.4, -0.2) is 57.3 Å². The van der Waals surface area contributed by atoms with Crippen molar-refractivity contribution in [3.05, 3.63) is 64.9 Å². The molecule has 2 fully saturated rings. The van der Waals surface area contributed by atoms with Gasteiger partial charge in [0.25, 0.3) is 0 Å². The number of hydrogen-bond acceptors (Lipinski definition) is 6. The van der Waals surface area contributed by atoms with E-state index in [2.05, 4.69) is 57.4 Å². The van der Waals surface area contributed by atoms with Gasteiger partial charge in [-0.2, -0.15) is 0 Å². The van der Waals surface area contributed by atoms with Crippen LogP contribution in [-0.2, 0) is 0 Å². The van der Waals surface area contributed by atoms with Crippen LogP contribution in [0.1, 0.15) is 42.7 Å². The van der Waals surface area contributed by atoms with Crippen molar-refractivity contribution < 1.29 is 9.84 Å². The number of hydrogen-bond donors (Lipinski definition) is 3. The highest BCUT2D eigenvalue weighted by Crippen LogP contribution is 2.43. The minimum absolute atomic E-state index is 0.182. The second kappa shape index (κ2) is 10.3. The van der Waals surface area contributed by atoms with Crippen molar-refractivity contribution in [3.63, 3.8) is 0 Å². The summed E-state index contributed by atoms with van der Waals surface area (Å²) >= 11 is 6.56. The van der Waals surface area contributed by atoms with Crippen LogP contribution in [0.25, 0.3) is 22.2 Å². The number of β-amino-alcohol motifs (C(OH)–C–C–N with tert-alkyl or cyclic N) is 1. The van der Waals surface area contributed by atoms with Gasteiger partial charge in [0.1, 0.15) is 11.9 Å². The van der Waals surface area contributed by atoms with E-state index in [-0.39, 0.29) is 12.7 Å². The smallest absolute Gasteiger partial charge is 0.227 e. The second-order valence-electron chi connectivity index (χ2n) is 10.2. The molecule has 192 valence electrons. The summed E-state index contributed by atoms with van der Waals surface area (Å²) in [5, 5.41) is 14.2. The third-order valence-corrected chi connectivity index (χ3v) is 7.60. The highest BCUT2D eigenvalue weighted by atomic mass is 35.5. The monoisotopic (exact) mass is 517 g/mol. The Morgan fingerprint density at radius 1 is 1.14 bits per heavy atom. The van der Waals surface area contributed by atoms with Gasteiger partial charge in [-0.15, -0.1) is 0 Å². The number of aromatic nitrogens is 3. The van der Waals surface area contributed by atoms with Crippen molar-refractivity contribution in [2.45, 2.75) is 44.6 Å². The molecule has 0 unspecified atom stereocenters. The van der Waals surface area contributed by atoms with E-state index in [1.807, 2.05) is 12.3 Å². The number of piperidine rings is 1. The average molecular weight is 518 g/mol. The molecule has 0 atom stereocenters. The van der Waals surface area contributed by atoms with Crippen LogP contribution in [0.4, 0.5) is 11.6 Å². The number of aryl methyl sites for hydroxylation is 1. The predicted molar refractivity (Wildman–Crippen MR) is 148 cm³/mol. The Bertz CT molecular complexity index is 1410. The Kier molecular flexibility index (Phi) is 6.76. The number of aliphatic hydroxyl groups is 1. The number of ether oxygens (including phenoxy) is 1. The lowest BCUT2D eigenvalue weighted by molar-refractivity contribution is 0.0889. The molecule has 0 radical (unpaired) electrons. The topological polar surface area (TPSA) is 86.3 Å². The fourth-order valence-electron chi connectivity index (χ4n) is 5.18. The molecular weight excluding hydrogens is 486 g/mol. The zero-order chi connectivity index (χ0) is 25.4.